The molecule has 1 aromatic rings. The van der Waals surface area contributed by atoms with Gasteiger partial charge in [0.1, 0.15) is 11.8 Å². The molecule has 0 aliphatic heterocycles. The number of carbonyl (C=O) groups is 1. The van der Waals surface area contributed by atoms with Crippen molar-refractivity contribution in [2.75, 3.05) is 17.7 Å². The van der Waals surface area contributed by atoms with Crippen LogP contribution in [0.2, 0.25) is 0 Å². The SMILES string of the molecule is COc1cccc(N([C@H](C)C(=O)O)S(C)(=O)=O)c1. The maximum atomic E-state index is 11.7. The van der Waals surface area contributed by atoms with E-state index in [1.165, 1.54) is 26.2 Å². The number of carboxylic acid groups (broad SMARTS) is 1. The van der Waals surface area contributed by atoms with Gasteiger partial charge in [0.15, 0.2) is 0 Å². The molecule has 1 rings (SSSR count). The lowest BCUT2D eigenvalue weighted by Gasteiger charge is -2.26. The van der Waals surface area contributed by atoms with Gasteiger partial charge in [-0.2, -0.15) is 0 Å². The Morgan fingerprint density at radius 1 is 1.44 bits per heavy atom. The van der Waals surface area contributed by atoms with Crippen molar-refractivity contribution in [2.24, 2.45) is 0 Å². The number of benzene rings is 1. The molecule has 0 aliphatic rings. The normalized spacial score (nSPS) is 12.8. The minimum absolute atomic E-state index is 0.256. The second-order valence-corrected chi connectivity index (χ2v) is 5.63. The highest BCUT2D eigenvalue weighted by Gasteiger charge is 2.28. The van der Waals surface area contributed by atoms with Crippen LogP contribution in [0.25, 0.3) is 0 Å². The van der Waals surface area contributed by atoms with Crippen LogP contribution in [0.15, 0.2) is 24.3 Å². The predicted molar refractivity (Wildman–Crippen MR) is 67.4 cm³/mol. The van der Waals surface area contributed by atoms with Gasteiger partial charge in [0.2, 0.25) is 10.0 Å². The van der Waals surface area contributed by atoms with Crippen LogP contribution in [-0.2, 0) is 14.8 Å². The molecule has 0 unspecified atom stereocenters. The Balaban J connectivity index is 3.30. The van der Waals surface area contributed by atoms with E-state index in [9.17, 15) is 13.2 Å². The topological polar surface area (TPSA) is 83.9 Å². The number of aliphatic carboxylic acids is 1. The summed E-state index contributed by atoms with van der Waals surface area (Å²) in [4.78, 5) is 11.0. The van der Waals surface area contributed by atoms with E-state index in [1.54, 1.807) is 12.1 Å². The van der Waals surface area contributed by atoms with Gasteiger partial charge in [-0.1, -0.05) is 6.07 Å². The van der Waals surface area contributed by atoms with Crippen molar-refractivity contribution in [1.29, 1.82) is 0 Å². The zero-order chi connectivity index (χ0) is 13.9. The van der Waals surface area contributed by atoms with Gasteiger partial charge in [0.05, 0.1) is 19.1 Å². The molecule has 0 bridgehead atoms. The summed E-state index contributed by atoms with van der Waals surface area (Å²) in [6, 6.07) is 5.05. The van der Waals surface area contributed by atoms with Crippen LogP contribution in [0, 0.1) is 0 Å². The molecule has 0 saturated heterocycles. The van der Waals surface area contributed by atoms with Crippen LogP contribution >= 0.6 is 0 Å². The first kappa shape index (κ1) is 14.3. The molecule has 6 nitrogen and oxygen atoms in total. The maximum Gasteiger partial charge on any atom is 0.327 e. The number of methoxy groups -OCH3 is 1. The van der Waals surface area contributed by atoms with Gasteiger partial charge in [-0.15, -0.1) is 0 Å². The molecule has 1 atom stereocenters. The number of nitrogens with zero attached hydrogens (tertiary/aromatic N) is 1. The van der Waals surface area contributed by atoms with Crippen molar-refractivity contribution < 1.29 is 23.1 Å². The molecule has 0 saturated carbocycles. The van der Waals surface area contributed by atoms with Gasteiger partial charge >= 0.3 is 5.97 Å². The maximum absolute atomic E-state index is 11.7. The molecule has 0 aromatic heterocycles. The first-order valence-electron chi connectivity index (χ1n) is 5.13. The smallest absolute Gasteiger partial charge is 0.327 e. The molecule has 18 heavy (non-hydrogen) atoms. The second kappa shape index (κ2) is 5.26. The lowest BCUT2D eigenvalue weighted by atomic mass is 10.2. The third-order valence-electron chi connectivity index (χ3n) is 2.37. The van der Waals surface area contributed by atoms with E-state index in [0.29, 0.717) is 5.75 Å². The van der Waals surface area contributed by atoms with Gasteiger partial charge in [0.25, 0.3) is 0 Å². The molecule has 7 heteroatoms. The van der Waals surface area contributed by atoms with Crippen LogP contribution in [0.4, 0.5) is 5.69 Å². The number of ether oxygens (including phenoxy) is 1. The summed E-state index contributed by atoms with van der Waals surface area (Å²) in [7, 11) is -2.24. The van der Waals surface area contributed by atoms with Crippen LogP contribution in [0.3, 0.4) is 0 Å². The van der Waals surface area contributed by atoms with Crippen LogP contribution < -0.4 is 9.04 Å². The summed E-state index contributed by atoms with van der Waals surface area (Å²) in [5, 5.41) is 8.97. The van der Waals surface area contributed by atoms with Crippen molar-refractivity contribution in [1.82, 2.24) is 0 Å². The number of carboxylic acids is 1. The zero-order valence-electron chi connectivity index (χ0n) is 10.3. The molecule has 0 heterocycles. The first-order chi connectivity index (χ1) is 8.27. The minimum atomic E-state index is -3.69. The zero-order valence-corrected chi connectivity index (χ0v) is 11.1. The van der Waals surface area contributed by atoms with Crippen LogP contribution in [0.5, 0.6) is 5.75 Å². The number of hydrogen-bond acceptors (Lipinski definition) is 4. The van der Waals surface area contributed by atoms with Crippen molar-refractivity contribution >= 4 is 21.7 Å². The Kier molecular flexibility index (Phi) is 4.18. The predicted octanol–water partition coefficient (Wildman–Crippen LogP) is 0.934. The molecule has 0 radical (unpaired) electrons. The van der Waals surface area contributed by atoms with Gasteiger partial charge in [0, 0.05) is 6.07 Å². The highest BCUT2D eigenvalue weighted by molar-refractivity contribution is 7.92. The summed E-state index contributed by atoms with van der Waals surface area (Å²) in [5.74, 6) is -0.762. The summed E-state index contributed by atoms with van der Waals surface area (Å²) < 4.78 is 29.2. The average Bonchev–Trinajstić information content (AvgIpc) is 2.27. The van der Waals surface area contributed by atoms with Crippen molar-refractivity contribution in [3.05, 3.63) is 24.3 Å². The van der Waals surface area contributed by atoms with Gasteiger partial charge in [-0.3, -0.25) is 4.31 Å². The van der Waals surface area contributed by atoms with Gasteiger partial charge < -0.3 is 9.84 Å². The molecule has 0 aliphatic carbocycles. The van der Waals surface area contributed by atoms with E-state index < -0.39 is 22.0 Å². The van der Waals surface area contributed by atoms with Crippen LogP contribution in [0.1, 0.15) is 6.92 Å². The van der Waals surface area contributed by atoms with E-state index in [2.05, 4.69) is 0 Å². The van der Waals surface area contributed by atoms with Crippen molar-refractivity contribution in [3.8, 4) is 5.75 Å². The van der Waals surface area contributed by atoms with Gasteiger partial charge in [-0.05, 0) is 19.1 Å². The fourth-order valence-electron chi connectivity index (χ4n) is 1.55. The molecule has 0 spiro atoms. The average molecular weight is 273 g/mol. The molecule has 1 N–H and O–H groups in total. The lowest BCUT2D eigenvalue weighted by Crippen LogP contribution is -2.42. The standard InChI is InChI=1S/C11H15NO5S/c1-8(11(13)14)12(18(3,15)16)9-5-4-6-10(7-9)17-2/h4-8H,1-3H3,(H,13,14)/t8-/m1/s1. The molecule has 100 valence electrons. The van der Waals surface area contributed by atoms with E-state index in [1.807, 2.05) is 0 Å². The summed E-state index contributed by atoms with van der Waals surface area (Å²) in [6.07, 6.45) is 0.964. The molecule has 1 aromatic carbocycles. The van der Waals surface area contributed by atoms with Crippen molar-refractivity contribution in [3.63, 3.8) is 0 Å². The second-order valence-electron chi connectivity index (χ2n) is 3.77. The third kappa shape index (κ3) is 3.13. The molecular weight excluding hydrogens is 258 g/mol. The first-order valence-corrected chi connectivity index (χ1v) is 6.98. The van der Waals surface area contributed by atoms with Crippen LogP contribution in [-0.4, -0.2) is 38.9 Å². The highest BCUT2D eigenvalue weighted by Crippen LogP contribution is 2.25. The molecule has 0 fully saturated rings. The Morgan fingerprint density at radius 3 is 2.50 bits per heavy atom. The minimum Gasteiger partial charge on any atom is -0.497 e. The summed E-state index contributed by atoms with van der Waals surface area (Å²) >= 11 is 0. The fraction of sp³-hybridized carbons (Fsp3) is 0.364. The highest BCUT2D eigenvalue weighted by atomic mass is 32.2. The fourth-order valence-corrected chi connectivity index (χ4v) is 2.71. The number of anilines is 1. The third-order valence-corrected chi connectivity index (χ3v) is 3.62. The monoisotopic (exact) mass is 273 g/mol. The Labute approximate surface area is 106 Å². The van der Waals surface area contributed by atoms with E-state index >= 15 is 0 Å². The summed E-state index contributed by atoms with van der Waals surface area (Å²) in [6.45, 7) is 1.31. The largest absolute Gasteiger partial charge is 0.497 e. The Hall–Kier alpha value is -1.76. The molecular formula is C11H15NO5S. The Morgan fingerprint density at radius 2 is 2.06 bits per heavy atom. The lowest BCUT2D eigenvalue weighted by molar-refractivity contribution is -0.137. The van der Waals surface area contributed by atoms with Crippen molar-refractivity contribution in [2.45, 2.75) is 13.0 Å². The summed E-state index contributed by atoms with van der Waals surface area (Å²) in [5.41, 5.74) is 0.256. The number of sulfonamides is 1. The van der Waals surface area contributed by atoms with Gasteiger partial charge in [-0.25, -0.2) is 13.2 Å². The Bertz CT molecular complexity index is 540. The van der Waals surface area contributed by atoms with E-state index in [4.69, 9.17) is 9.84 Å². The van der Waals surface area contributed by atoms with E-state index in [-0.39, 0.29) is 5.69 Å². The molecule has 0 amide bonds. The number of hydrogen-bond donors (Lipinski definition) is 1. The number of rotatable bonds is 5. The quantitative estimate of drug-likeness (QED) is 0.863. The van der Waals surface area contributed by atoms with E-state index in [0.717, 1.165) is 10.6 Å².